The zero-order valence-corrected chi connectivity index (χ0v) is 10.6. The predicted octanol–water partition coefficient (Wildman–Crippen LogP) is 1.96. The van der Waals surface area contributed by atoms with E-state index in [4.69, 9.17) is 4.74 Å². The SMILES string of the molecule is CCNC(COC)c1snnc1C(C)C. The summed E-state index contributed by atoms with van der Waals surface area (Å²) in [5, 5.41) is 7.56. The number of methoxy groups -OCH3 is 1. The van der Waals surface area contributed by atoms with Crippen LogP contribution in [0.1, 0.15) is 43.3 Å². The second kappa shape index (κ2) is 6.15. The summed E-state index contributed by atoms with van der Waals surface area (Å²) in [7, 11) is 1.72. The Hall–Kier alpha value is -0.520. The minimum absolute atomic E-state index is 0.220. The number of ether oxygens (including phenoxy) is 1. The number of hydrogen-bond donors (Lipinski definition) is 1. The van der Waals surface area contributed by atoms with Crippen molar-refractivity contribution in [1.82, 2.24) is 14.9 Å². The van der Waals surface area contributed by atoms with Gasteiger partial charge in [-0.1, -0.05) is 25.3 Å². The van der Waals surface area contributed by atoms with E-state index in [-0.39, 0.29) is 6.04 Å². The maximum absolute atomic E-state index is 5.20. The number of rotatable bonds is 6. The van der Waals surface area contributed by atoms with Gasteiger partial charge in [-0.05, 0) is 24.0 Å². The average Bonchev–Trinajstić information content (AvgIpc) is 2.65. The summed E-state index contributed by atoms with van der Waals surface area (Å²) in [6.07, 6.45) is 0. The molecule has 1 aromatic rings. The van der Waals surface area contributed by atoms with E-state index in [1.807, 2.05) is 0 Å². The van der Waals surface area contributed by atoms with Crippen molar-refractivity contribution in [2.24, 2.45) is 0 Å². The number of aromatic nitrogens is 2. The first-order valence-corrected chi connectivity index (χ1v) is 6.02. The van der Waals surface area contributed by atoms with Crippen LogP contribution in [0.3, 0.4) is 0 Å². The van der Waals surface area contributed by atoms with Gasteiger partial charge >= 0.3 is 0 Å². The molecule has 86 valence electrons. The van der Waals surface area contributed by atoms with Gasteiger partial charge in [-0.3, -0.25) is 0 Å². The molecule has 1 aromatic heterocycles. The van der Waals surface area contributed by atoms with E-state index in [0.29, 0.717) is 12.5 Å². The fourth-order valence-corrected chi connectivity index (χ4v) is 2.35. The molecule has 0 spiro atoms. The Morgan fingerprint density at radius 3 is 2.73 bits per heavy atom. The van der Waals surface area contributed by atoms with Gasteiger partial charge in [0.15, 0.2) is 0 Å². The van der Waals surface area contributed by atoms with Crippen LogP contribution in [0, 0.1) is 0 Å². The molecule has 0 amide bonds. The lowest BCUT2D eigenvalue weighted by molar-refractivity contribution is 0.168. The van der Waals surface area contributed by atoms with Crippen LogP contribution in [-0.4, -0.2) is 29.8 Å². The zero-order valence-electron chi connectivity index (χ0n) is 9.78. The third kappa shape index (κ3) is 3.22. The van der Waals surface area contributed by atoms with E-state index in [1.54, 1.807) is 7.11 Å². The fraction of sp³-hybridized carbons (Fsp3) is 0.800. The van der Waals surface area contributed by atoms with E-state index in [1.165, 1.54) is 16.4 Å². The van der Waals surface area contributed by atoms with Crippen LogP contribution in [0.5, 0.6) is 0 Å². The average molecular weight is 229 g/mol. The first-order chi connectivity index (χ1) is 7.20. The van der Waals surface area contributed by atoms with Crippen molar-refractivity contribution in [2.75, 3.05) is 20.3 Å². The minimum Gasteiger partial charge on any atom is -0.383 e. The van der Waals surface area contributed by atoms with Crippen molar-refractivity contribution >= 4 is 11.5 Å². The van der Waals surface area contributed by atoms with Crippen molar-refractivity contribution in [3.8, 4) is 0 Å². The molecule has 1 atom stereocenters. The highest BCUT2D eigenvalue weighted by atomic mass is 32.1. The molecule has 0 saturated heterocycles. The minimum atomic E-state index is 0.220. The van der Waals surface area contributed by atoms with E-state index in [2.05, 4.69) is 35.7 Å². The van der Waals surface area contributed by atoms with Crippen LogP contribution >= 0.6 is 11.5 Å². The van der Waals surface area contributed by atoms with E-state index in [0.717, 1.165) is 12.2 Å². The van der Waals surface area contributed by atoms with Crippen molar-refractivity contribution in [1.29, 1.82) is 0 Å². The first-order valence-electron chi connectivity index (χ1n) is 5.25. The molecule has 0 bridgehead atoms. The molecule has 1 rings (SSSR count). The normalized spacial score (nSPS) is 13.4. The highest BCUT2D eigenvalue weighted by Crippen LogP contribution is 2.26. The molecule has 5 heteroatoms. The van der Waals surface area contributed by atoms with E-state index in [9.17, 15) is 0 Å². The highest BCUT2D eigenvalue weighted by molar-refractivity contribution is 7.05. The van der Waals surface area contributed by atoms with Crippen LogP contribution in [0.25, 0.3) is 0 Å². The van der Waals surface area contributed by atoms with Gasteiger partial charge in [0, 0.05) is 7.11 Å². The van der Waals surface area contributed by atoms with Crippen molar-refractivity contribution < 1.29 is 4.74 Å². The number of hydrogen-bond acceptors (Lipinski definition) is 5. The van der Waals surface area contributed by atoms with Crippen LogP contribution in [0.4, 0.5) is 0 Å². The van der Waals surface area contributed by atoms with Crippen LogP contribution in [0.2, 0.25) is 0 Å². The van der Waals surface area contributed by atoms with Gasteiger partial charge in [-0.2, -0.15) is 0 Å². The van der Waals surface area contributed by atoms with Gasteiger partial charge < -0.3 is 10.1 Å². The largest absolute Gasteiger partial charge is 0.383 e. The Morgan fingerprint density at radius 2 is 2.20 bits per heavy atom. The van der Waals surface area contributed by atoms with Crippen molar-refractivity contribution in [2.45, 2.75) is 32.7 Å². The van der Waals surface area contributed by atoms with Crippen molar-refractivity contribution in [3.63, 3.8) is 0 Å². The highest BCUT2D eigenvalue weighted by Gasteiger charge is 2.20. The summed E-state index contributed by atoms with van der Waals surface area (Å²) in [4.78, 5) is 1.20. The number of likely N-dealkylation sites (N-methyl/N-ethyl adjacent to an activating group) is 1. The lowest BCUT2D eigenvalue weighted by Gasteiger charge is -2.16. The molecule has 0 saturated carbocycles. The van der Waals surface area contributed by atoms with Gasteiger partial charge in [0.1, 0.15) is 0 Å². The molecular weight excluding hydrogens is 210 g/mol. The maximum Gasteiger partial charge on any atom is 0.0829 e. The topological polar surface area (TPSA) is 47.0 Å². The summed E-state index contributed by atoms with van der Waals surface area (Å²) in [5.74, 6) is 0.414. The van der Waals surface area contributed by atoms with E-state index >= 15 is 0 Å². The molecule has 0 aromatic carbocycles. The Balaban J connectivity index is 2.84. The standard InChI is InChI=1S/C10H19N3OS/c1-5-11-8(6-14-4)10-9(7(2)3)12-13-15-10/h7-8,11H,5-6H2,1-4H3. The molecule has 1 N–H and O–H groups in total. The summed E-state index contributed by atoms with van der Waals surface area (Å²) < 4.78 is 9.23. The van der Waals surface area contributed by atoms with Gasteiger partial charge in [0.2, 0.25) is 0 Å². The quantitative estimate of drug-likeness (QED) is 0.810. The maximum atomic E-state index is 5.20. The zero-order chi connectivity index (χ0) is 11.3. The molecular formula is C10H19N3OS. The molecule has 0 fully saturated rings. The Labute approximate surface area is 95.2 Å². The van der Waals surface area contributed by atoms with Gasteiger partial charge in [-0.25, -0.2) is 0 Å². The lowest BCUT2D eigenvalue weighted by Crippen LogP contribution is -2.25. The second-order valence-corrected chi connectivity index (χ2v) is 4.53. The van der Waals surface area contributed by atoms with Gasteiger partial charge in [0.05, 0.1) is 23.2 Å². The van der Waals surface area contributed by atoms with E-state index < -0.39 is 0 Å². The monoisotopic (exact) mass is 229 g/mol. The number of nitrogens with zero attached hydrogens (tertiary/aromatic N) is 2. The molecule has 4 nitrogen and oxygen atoms in total. The van der Waals surface area contributed by atoms with Gasteiger partial charge in [0.25, 0.3) is 0 Å². The van der Waals surface area contributed by atoms with Crippen LogP contribution in [-0.2, 0) is 4.74 Å². The molecule has 1 heterocycles. The molecule has 0 radical (unpaired) electrons. The summed E-state index contributed by atoms with van der Waals surface area (Å²) in [6.45, 7) is 7.94. The molecule has 0 aliphatic rings. The Kier molecular flexibility index (Phi) is 5.14. The molecule has 15 heavy (non-hydrogen) atoms. The smallest absolute Gasteiger partial charge is 0.0829 e. The lowest BCUT2D eigenvalue weighted by atomic mass is 10.1. The Bertz CT molecular complexity index is 282. The second-order valence-electron chi connectivity index (χ2n) is 3.74. The number of nitrogens with one attached hydrogen (secondary N) is 1. The third-order valence-corrected chi connectivity index (χ3v) is 3.04. The van der Waals surface area contributed by atoms with Crippen molar-refractivity contribution in [3.05, 3.63) is 10.6 Å². The van der Waals surface area contributed by atoms with Crippen LogP contribution < -0.4 is 5.32 Å². The third-order valence-electron chi connectivity index (χ3n) is 2.19. The summed E-state index contributed by atoms with van der Waals surface area (Å²) >= 11 is 1.46. The molecule has 0 aliphatic carbocycles. The molecule has 0 aliphatic heterocycles. The summed E-state index contributed by atoms with van der Waals surface area (Å²) in [6, 6.07) is 0.220. The summed E-state index contributed by atoms with van der Waals surface area (Å²) in [5.41, 5.74) is 1.09. The fourth-order valence-electron chi connectivity index (χ4n) is 1.49. The Morgan fingerprint density at radius 1 is 1.47 bits per heavy atom. The van der Waals surface area contributed by atoms with Gasteiger partial charge in [-0.15, -0.1) is 5.10 Å². The van der Waals surface area contributed by atoms with Crippen LogP contribution in [0.15, 0.2) is 0 Å². The first kappa shape index (κ1) is 12.5. The predicted molar refractivity (Wildman–Crippen MR) is 62.3 cm³/mol. The molecule has 1 unspecified atom stereocenters.